The molecule has 0 spiro atoms. The van der Waals surface area contributed by atoms with Crippen LogP contribution in [0, 0.1) is 6.92 Å². The summed E-state index contributed by atoms with van der Waals surface area (Å²) in [7, 11) is 1.66. The van der Waals surface area contributed by atoms with Crippen molar-refractivity contribution in [2.24, 2.45) is 0 Å². The van der Waals surface area contributed by atoms with Gasteiger partial charge in [-0.1, -0.05) is 40.7 Å². The average molecular weight is 346 g/mol. The molecule has 4 rings (SSSR count). The topological polar surface area (TPSA) is 66.0 Å². The summed E-state index contributed by atoms with van der Waals surface area (Å²) in [5.41, 5.74) is 4.76. The van der Waals surface area contributed by atoms with Gasteiger partial charge in [-0.05, 0) is 30.7 Å². The highest BCUT2D eigenvalue weighted by atomic mass is 16.5. The maximum Gasteiger partial charge on any atom is 0.158 e. The molecule has 6 heteroatoms. The highest BCUT2D eigenvalue weighted by Crippen LogP contribution is 2.25. The maximum absolute atomic E-state index is 5.44. The first-order valence-corrected chi connectivity index (χ1v) is 8.29. The molecule has 26 heavy (non-hydrogen) atoms. The fourth-order valence-electron chi connectivity index (χ4n) is 2.84. The Kier molecular flexibility index (Phi) is 4.23. The second-order valence-electron chi connectivity index (χ2n) is 6.03. The second kappa shape index (κ2) is 6.84. The van der Waals surface area contributed by atoms with Crippen LogP contribution in [0.15, 0.2) is 65.3 Å². The first-order valence-electron chi connectivity index (χ1n) is 8.29. The third-order valence-corrected chi connectivity index (χ3v) is 4.19. The van der Waals surface area contributed by atoms with Crippen LogP contribution in [0.25, 0.3) is 22.5 Å². The molecule has 0 atom stereocenters. The maximum atomic E-state index is 5.44. The van der Waals surface area contributed by atoms with Gasteiger partial charge in [0.15, 0.2) is 5.76 Å². The smallest absolute Gasteiger partial charge is 0.158 e. The molecule has 2 aromatic carbocycles. The molecule has 0 aliphatic carbocycles. The molecular weight excluding hydrogens is 328 g/mol. The van der Waals surface area contributed by atoms with Crippen LogP contribution in [0.4, 0.5) is 0 Å². The first kappa shape index (κ1) is 16.1. The Morgan fingerprint density at radius 2 is 1.88 bits per heavy atom. The van der Waals surface area contributed by atoms with Crippen LogP contribution in [0.2, 0.25) is 0 Å². The number of aromatic nitrogens is 4. The van der Waals surface area contributed by atoms with Gasteiger partial charge in [0.25, 0.3) is 0 Å². The summed E-state index contributed by atoms with van der Waals surface area (Å²) in [6, 6.07) is 17.8. The predicted octanol–water partition coefficient (Wildman–Crippen LogP) is 3.97. The Bertz CT molecular complexity index is 1020. The molecule has 0 saturated heterocycles. The van der Waals surface area contributed by atoms with Crippen molar-refractivity contribution in [2.75, 3.05) is 7.11 Å². The minimum Gasteiger partial charge on any atom is -0.497 e. The normalized spacial score (nSPS) is 10.8. The van der Waals surface area contributed by atoms with E-state index in [9.17, 15) is 0 Å². The van der Waals surface area contributed by atoms with E-state index in [1.54, 1.807) is 11.8 Å². The number of methoxy groups -OCH3 is 1. The summed E-state index contributed by atoms with van der Waals surface area (Å²) in [5, 5.41) is 12.6. The Hall–Kier alpha value is -3.41. The van der Waals surface area contributed by atoms with Crippen molar-refractivity contribution >= 4 is 0 Å². The van der Waals surface area contributed by atoms with E-state index in [1.165, 1.54) is 0 Å². The molecule has 4 aromatic rings. The Balaban J connectivity index is 1.53. The Labute approximate surface area is 151 Å². The third-order valence-electron chi connectivity index (χ3n) is 4.19. The molecule has 6 nitrogen and oxygen atoms in total. The number of benzene rings is 2. The Morgan fingerprint density at radius 1 is 1.04 bits per heavy atom. The molecule has 2 heterocycles. The molecule has 0 unspecified atom stereocenters. The van der Waals surface area contributed by atoms with Crippen molar-refractivity contribution in [3.8, 4) is 28.3 Å². The first-order chi connectivity index (χ1) is 12.7. The SMILES string of the molecule is COc1ccc(-c2cn(Cc3cc(-c4ccccc4)no3)nn2)c(C)c1. The second-order valence-corrected chi connectivity index (χ2v) is 6.03. The number of hydrogen-bond donors (Lipinski definition) is 0. The van der Waals surface area contributed by atoms with Crippen molar-refractivity contribution in [2.45, 2.75) is 13.5 Å². The van der Waals surface area contributed by atoms with Gasteiger partial charge in [0, 0.05) is 17.2 Å². The number of aryl methyl sites for hydroxylation is 1. The van der Waals surface area contributed by atoms with E-state index in [-0.39, 0.29) is 0 Å². The van der Waals surface area contributed by atoms with Crippen LogP contribution in [-0.4, -0.2) is 27.3 Å². The van der Waals surface area contributed by atoms with E-state index in [0.29, 0.717) is 6.54 Å². The lowest BCUT2D eigenvalue weighted by Gasteiger charge is -2.04. The van der Waals surface area contributed by atoms with Crippen LogP contribution in [0.5, 0.6) is 5.75 Å². The van der Waals surface area contributed by atoms with Gasteiger partial charge in [0.05, 0.1) is 13.3 Å². The zero-order chi connectivity index (χ0) is 17.9. The van der Waals surface area contributed by atoms with Gasteiger partial charge < -0.3 is 9.26 Å². The van der Waals surface area contributed by atoms with Crippen molar-refractivity contribution in [1.29, 1.82) is 0 Å². The molecule has 0 saturated carbocycles. The van der Waals surface area contributed by atoms with Gasteiger partial charge in [0.1, 0.15) is 23.7 Å². The van der Waals surface area contributed by atoms with Gasteiger partial charge in [-0.15, -0.1) is 5.10 Å². The number of rotatable bonds is 5. The zero-order valence-electron chi connectivity index (χ0n) is 14.6. The standard InChI is InChI=1S/C20H18N4O2/c1-14-10-16(25-2)8-9-18(14)20-13-24(23-21-20)12-17-11-19(22-26-17)15-6-4-3-5-7-15/h3-11,13H,12H2,1-2H3. The highest BCUT2D eigenvalue weighted by molar-refractivity contribution is 5.63. The van der Waals surface area contributed by atoms with Crippen molar-refractivity contribution in [3.05, 3.63) is 72.1 Å². The lowest BCUT2D eigenvalue weighted by atomic mass is 10.1. The molecule has 0 fully saturated rings. The van der Waals surface area contributed by atoms with E-state index >= 15 is 0 Å². The number of ether oxygens (including phenoxy) is 1. The van der Waals surface area contributed by atoms with E-state index < -0.39 is 0 Å². The van der Waals surface area contributed by atoms with Crippen LogP contribution in [0.1, 0.15) is 11.3 Å². The summed E-state index contributed by atoms with van der Waals surface area (Å²) < 4.78 is 12.4. The molecular formula is C20H18N4O2. The molecule has 0 aliphatic rings. The molecule has 0 bridgehead atoms. The van der Waals surface area contributed by atoms with Crippen LogP contribution in [0.3, 0.4) is 0 Å². The highest BCUT2D eigenvalue weighted by Gasteiger charge is 2.11. The van der Waals surface area contributed by atoms with Gasteiger partial charge in [-0.2, -0.15) is 0 Å². The van der Waals surface area contributed by atoms with Gasteiger partial charge in [-0.3, -0.25) is 0 Å². The molecule has 0 N–H and O–H groups in total. The number of nitrogens with zero attached hydrogens (tertiary/aromatic N) is 4. The fourth-order valence-corrected chi connectivity index (χ4v) is 2.84. The van der Waals surface area contributed by atoms with Crippen LogP contribution in [-0.2, 0) is 6.54 Å². The largest absolute Gasteiger partial charge is 0.497 e. The summed E-state index contributed by atoms with van der Waals surface area (Å²) in [6.45, 7) is 2.50. The van der Waals surface area contributed by atoms with Gasteiger partial charge in [-0.25, -0.2) is 4.68 Å². The zero-order valence-corrected chi connectivity index (χ0v) is 14.6. The fraction of sp³-hybridized carbons (Fsp3) is 0.150. The van der Waals surface area contributed by atoms with Gasteiger partial charge >= 0.3 is 0 Å². The average Bonchev–Trinajstić information content (AvgIpc) is 3.32. The lowest BCUT2D eigenvalue weighted by Crippen LogP contribution is -1.98. The number of hydrogen-bond acceptors (Lipinski definition) is 5. The summed E-state index contributed by atoms with van der Waals surface area (Å²) in [4.78, 5) is 0. The molecule has 0 aliphatic heterocycles. The summed E-state index contributed by atoms with van der Waals surface area (Å²) >= 11 is 0. The molecule has 0 radical (unpaired) electrons. The van der Waals surface area contributed by atoms with Crippen molar-refractivity contribution < 1.29 is 9.26 Å². The van der Waals surface area contributed by atoms with Crippen LogP contribution < -0.4 is 4.74 Å². The van der Waals surface area contributed by atoms with E-state index in [1.807, 2.05) is 67.7 Å². The van der Waals surface area contributed by atoms with Crippen molar-refractivity contribution in [1.82, 2.24) is 20.2 Å². The van der Waals surface area contributed by atoms with E-state index in [0.717, 1.165) is 39.6 Å². The summed E-state index contributed by atoms with van der Waals surface area (Å²) in [6.07, 6.45) is 1.90. The van der Waals surface area contributed by atoms with E-state index in [2.05, 4.69) is 15.5 Å². The minimum absolute atomic E-state index is 0.474. The predicted molar refractivity (Wildman–Crippen MR) is 97.8 cm³/mol. The molecule has 2 aromatic heterocycles. The molecule has 0 amide bonds. The van der Waals surface area contributed by atoms with Gasteiger partial charge in [0.2, 0.25) is 0 Å². The van der Waals surface area contributed by atoms with Crippen molar-refractivity contribution in [3.63, 3.8) is 0 Å². The summed E-state index contributed by atoms with van der Waals surface area (Å²) in [5.74, 6) is 1.56. The Morgan fingerprint density at radius 3 is 2.65 bits per heavy atom. The third kappa shape index (κ3) is 3.21. The quantitative estimate of drug-likeness (QED) is 0.547. The lowest BCUT2D eigenvalue weighted by molar-refractivity contribution is 0.372. The minimum atomic E-state index is 0.474. The van der Waals surface area contributed by atoms with Crippen LogP contribution >= 0.6 is 0 Å². The molecule has 130 valence electrons. The monoisotopic (exact) mass is 346 g/mol. The van der Waals surface area contributed by atoms with E-state index in [4.69, 9.17) is 9.26 Å².